The molecule has 0 radical (unpaired) electrons. The van der Waals surface area contributed by atoms with Crippen molar-refractivity contribution in [2.45, 2.75) is 0 Å². The largest absolute Gasteiger partial charge is 0.238 e. The lowest BCUT2D eigenvalue weighted by Gasteiger charge is -1.97. The molecule has 0 spiro atoms. The van der Waals surface area contributed by atoms with Crippen LogP contribution in [0.25, 0.3) is 17.0 Å². The fourth-order valence-electron chi connectivity index (χ4n) is 1.49. The van der Waals surface area contributed by atoms with E-state index in [1.807, 2.05) is 30.4 Å². The number of para-hydroxylation sites is 1. The Morgan fingerprint density at radius 3 is 2.35 bits per heavy atom. The summed E-state index contributed by atoms with van der Waals surface area (Å²) in [6.07, 6.45) is 3.73. The highest BCUT2D eigenvalue weighted by atomic mass is 19.1. The first-order valence-electron chi connectivity index (χ1n) is 5.20. The van der Waals surface area contributed by atoms with E-state index in [0.29, 0.717) is 5.69 Å². The van der Waals surface area contributed by atoms with Crippen molar-refractivity contribution in [1.29, 1.82) is 0 Å². The molecule has 0 aromatic heterocycles. The normalized spacial score (nSPS) is 10.4. The molecular weight excluding hydrogens is 213 g/mol. The molecule has 0 bridgehead atoms. The second-order valence-corrected chi connectivity index (χ2v) is 3.56. The maximum absolute atomic E-state index is 12.7. The molecule has 0 unspecified atom stereocenters. The predicted molar refractivity (Wildman–Crippen MR) is 68.0 cm³/mol. The van der Waals surface area contributed by atoms with Gasteiger partial charge in [-0.2, -0.15) is 0 Å². The van der Waals surface area contributed by atoms with Gasteiger partial charge in [-0.25, -0.2) is 9.24 Å². The van der Waals surface area contributed by atoms with Crippen molar-refractivity contribution in [2.24, 2.45) is 0 Å². The summed E-state index contributed by atoms with van der Waals surface area (Å²) in [5, 5.41) is 0. The van der Waals surface area contributed by atoms with E-state index in [4.69, 9.17) is 6.57 Å². The number of nitrogens with zero attached hydrogens (tertiary/aromatic N) is 1. The van der Waals surface area contributed by atoms with E-state index < -0.39 is 0 Å². The van der Waals surface area contributed by atoms with Gasteiger partial charge in [-0.3, -0.25) is 0 Å². The molecular formula is C15H10FN. The third-order valence-electron chi connectivity index (χ3n) is 2.38. The molecule has 0 saturated heterocycles. The molecule has 0 atom stereocenters. The Morgan fingerprint density at radius 2 is 1.65 bits per heavy atom. The summed E-state index contributed by atoms with van der Waals surface area (Å²) in [7, 11) is 0. The second-order valence-electron chi connectivity index (χ2n) is 3.56. The van der Waals surface area contributed by atoms with E-state index in [0.717, 1.165) is 11.1 Å². The van der Waals surface area contributed by atoms with E-state index in [2.05, 4.69) is 4.85 Å². The molecule has 17 heavy (non-hydrogen) atoms. The van der Waals surface area contributed by atoms with Crippen LogP contribution in [0.15, 0.2) is 48.5 Å². The summed E-state index contributed by atoms with van der Waals surface area (Å²) >= 11 is 0. The first kappa shape index (κ1) is 11.1. The van der Waals surface area contributed by atoms with Crippen molar-refractivity contribution >= 4 is 17.8 Å². The van der Waals surface area contributed by atoms with Gasteiger partial charge >= 0.3 is 0 Å². The zero-order valence-corrected chi connectivity index (χ0v) is 9.10. The Labute approximate surface area is 99.7 Å². The van der Waals surface area contributed by atoms with Gasteiger partial charge in [-0.05, 0) is 23.3 Å². The van der Waals surface area contributed by atoms with Crippen LogP contribution < -0.4 is 0 Å². The third-order valence-corrected chi connectivity index (χ3v) is 2.38. The molecule has 0 N–H and O–H groups in total. The van der Waals surface area contributed by atoms with Gasteiger partial charge in [-0.1, -0.05) is 48.6 Å². The highest BCUT2D eigenvalue weighted by Gasteiger charge is 1.96. The van der Waals surface area contributed by atoms with Crippen LogP contribution in [-0.2, 0) is 0 Å². The molecule has 0 aliphatic rings. The molecule has 0 amide bonds. The second kappa shape index (κ2) is 5.09. The first-order chi connectivity index (χ1) is 8.29. The van der Waals surface area contributed by atoms with Crippen molar-refractivity contribution < 1.29 is 4.39 Å². The summed E-state index contributed by atoms with van der Waals surface area (Å²) < 4.78 is 12.7. The van der Waals surface area contributed by atoms with Gasteiger partial charge in [0, 0.05) is 0 Å². The molecule has 2 heteroatoms. The molecule has 0 aliphatic heterocycles. The van der Waals surface area contributed by atoms with Crippen molar-refractivity contribution in [2.75, 3.05) is 0 Å². The lowest BCUT2D eigenvalue weighted by Crippen LogP contribution is -1.75. The summed E-state index contributed by atoms with van der Waals surface area (Å²) in [5.41, 5.74) is 2.39. The number of halogens is 1. The van der Waals surface area contributed by atoms with Gasteiger partial charge in [0.2, 0.25) is 0 Å². The van der Waals surface area contributed by atoms with Crippen LogP contribution in [0.5, 0.6) is 0 Å². The van der Waals surface area contributed by atoms with E-state index in [1.165, 1.54) is 12.1 Å². The lowest BCUT2D eigenvalue weighted by atomic mass is 10.1. The Morgan fingerprint density at radius 1 is 0.941 bits per heavy atom. The average Bonchev–Trinajstić information content (AvgIpc) is 2.38. The monoisotopic (exact) mass is 223 g/mol. The number of hydrogen-bond donors (Lipinski definition) is 0. The van der Waals surface area contributed by atoms with Crippen LogP contribution in [0, 0.1) is 12.4 Å². The molecule has 2 aromatic rings. The van der Waals surface area contributed by atoms with Crippen molar-refractivity contribution in [3.05, 3.63) is 76.9 Å². The van der Waals surface area contributed by atoms with Gasteiger partial charge in [0.05, 0.1) is 6.57 Å². The van der Waals surface area contributed by atoms with Crippen molar-refractivity contribution in [1.82, 2.24) is 0 Å². The fraction of sp³-hybridized carbons (Fsp3) is 0. The van der Waals surface area contributed by atoms with Gasteiger partial charge in [-0.15, -0.1) is 0 Å². The molecule has 0 fully saturated rings. The minimum Gasteiger partial charge on any atom is -0.238 e. The summed E-state index contributed by atoms with van der Waals surface area (Å²) in [6, 6.07) is 13.6. The fourth-order valence-corrected chi connectivity index (χ4v) is 1.49. The molecule has 0 aliphatic carbocycles. The van der Waals surface area contributed by atoms with E-state index in [-0.39, 0.29) is 5.82 Å². The minimum atomic E-state index is -0.247. The molecule has 1 nitrogen and oxygen atoms in total. The standard InChI is InChI=1S/C15H10FN/c1-17-15-5-3-2-4-13(15)9-6-12-7-10-14(16)11-8-12/h2-11H/b9-6+. The number of rotatable bonds is 2. The quantitative estimate of drug-likeness (QED) is 0.519. The topological polar surface area (TPSA) is 4.36 Å². The average molecular weight is 223 g/mol. The Hall–Kier alpha value is -2.40. The molecule has 2 aromatic carbocycles. The van der Waals surface area contributed by atoms with E-state index >= 15 is 0 Å². The van der Waals surface area contributed by atoms with Crippen molar-refractivity contribution in [3.63, 3.8) is 0 Å². The van der Waals surface area contributed by atoms with E-state index in [9.17, 15) is 4.39 Å². The van der Waals surface area contributed by atoms with Crippen LogP contribution >= 0.6 is 0 Å². The zero-order valence-electron chi connectivity index (χ0n) is 9.10. The minimum absolute atomic E-state index is 0.247. The van der Waals surface area contributed by atoms with Crippen LogP contribution in [0.3, 0.4) is 0 Å². The van der Waals surface area contributed by atoms with Crippen LogP contribution in [0.4, 0.5) is 10.1 Å². The highest BCUT2D eigenvalue weighted by molar-refractivity contribution is 5.76. The van der Waals surface area contributed by atoms with Gasteiger partial charge in [0.25, 0.3) is 0 Å². The highest BCUT2D eigenvalue weighted by Crippen LogP contribution is 2.20. The van der Waals surface area contributed by atoms with Gasteiger partial charge in [0.15, 0.2) is 5.69 Å². The Kier molecular flexibility index (Phi) is 3.32. The SMILES string of the molecule is [C-]#[N+]c1ccccc1/C=C/c1ccc(F)cc1. The zero-order chi connectivity index (χ0) is 12.1. The van der Waals surface area contributed by atoms with E-state index in [1.54, 1.807) is 18.2 Å². The Balaban J connectivity index is 2.26. The molecule has 82 valence electrons. The predicted octanol–water partition coefficient (Wildman–Crippen LogP) is 4.55. The number of benzene rings is 2. The maximum atomic E-state index is 12.7. The maximum Gasteiger partial charge on any atom is 0.194 e. The summed E-state index contributed by atoms with van der Waals surface area (Å²) in [4.78, 5) is 3.44. The van der Waals surface area contributed by atoms with Crippen molar-refractivity contribution in [3.8, 4) is 0 Å². The third kappa shape index (κ3) is 2.79. The van der Waals surface area contributed by atoms with Gasteiger partial charge < -0.3 is 0 Å². The summed E-state index contributed by atoms with van der Waals surface area (Å²) in [6.45, 7) is 7.04. The van der Waals surface area contributed by atoms with Crippen LogP contribution in [0.1, 0.15) is 11.1 Å². The molecule has 0 saturated carbocycles. The molecule has 0 heterocycles. The van der Waals surface area contributed by atoms with Crippen LogP contribution in [0.2, 0.25) is 0 Å². The Bertz CT molecular complexity index is 577. The lowest BCUT2D eigenvalue weighted by molar-refractivity contribution is 0.628. The van der Waals surface area contributed by atoms with Gasteiger partial charge in [0.1, 0.15) is 5.82 Å². The summed E-state index contributed by atoms with van der Waals surface area (Å²) in [5.74, 6) is -0.247. The number of hydrogen-bond acceptors (Lipinski definition) is 0. The smallest absolute Gasteiger partial charge is 0.194 e. The van der Waals surface area contributed by atoms with Crippen LogP contribution in [-0.4, -0.2) is 0 Å². The first-order valence-corrected chi connectivity index (χ1v) is 5.20. The molecule has 2 rings (SSSR count).